The van der Waals surface area contributed by atoms with Gasteiger partial charge in [-0.1, -0.05) is 30.3 Å². The highest BCUT2D eigenvalue weighted by Gasteiger charge is 2.57. The van der Waals surface area contributed by atoms with Crippen LogP contribution in [-0.4, -0.2) is 37.0 Å². The van der Waals surface area contributed by atoms with Gasteiger partial charge in [-0.05, 0) is 31.2 Å². The summed E-state index contributed by atoms with van der Waals surface area (Å²) < 4.78 is 26.2. The predicted molar refractivity (Wildman–Crippen MR) is 82.5 cm³/mol. The van der Waals surface area contributed by atoms with Gasteiger partial charge in [-0.25, -0.2) is 12.7 Å². The first-order valence-electron chi connectivity index (χ1n) is 7.89. The number of rotatable bonds is 3. The van der Waals surface area contributed by atoms with Crippen molar-refractivity contribution in [2.24, 2.45) is 5.41 Å². The number of nitrogens with one attached hydrogen (secondary N) is 1. The van der Waals surface area contributed by atoms with Gasteiger partial charge in [0.15, 0.2) is 0 Å². The maximum absolute atomic E-state index is 12.3. The SMILES string of the molecule is O=C1N[C@@H](c2ccccc2)C12CCN(S(=O)(=O)C1CC1)CC2. The minimum atomic E-state index is -3.12. The van der Waals surface area contributed by atoms with E-state index in [9.17, 15) is 13.2 Å². The Morgan fingerprint density at radius 1 is 1.09 bits per heavy atom. The summed E-state index contributed by atoms with van der Waals surface area (Å²) in [5.41, 5.74) is 0.692. The molecule has 1 saturated carbocycles. The second-order valence-corrected chi connectivity index (χ2v) is 8.83. The van der Waals surface area contributed by atoms with Crippen molar-refractivity contribution in [3.63, 3.8) is 0 Å². The first-order chi connectivity index (χ1) is 10.5. The molecule has 1 amide bonds. The quantitative estimate of drug-likeness (QED) is 0.857. The Kier molecular flexibility index (Phi) is 3.10. The average Bonchev–Trinajstić information content (AvgIpc) is 3.39. The summed E-state index contributed by atoms with van der Waals surface area (Å²) in [4.78, 5) is 12.2. The molecule has 0 unspecified atom stereocenters. The molecule has 3 fully saturated rings. The maximum atomic E-state index is 12.3. The summed E-state index contributed by atoms with van der Waals surface area (Å²) in [6, 6.07) is 9.98. The molecule has 1 aromatic carbocycles. The molecule has 5 nitrogen and oxygen atoms in total. The number of hydrogen-bond acceptors (Lipinski definition) is 3. The lowest BCUT2D eigenvalue weighted by Gasteiger charge is -2.52. The van der Waals surface area contributed by atoms with Crippen molar-refractivity contribution in [1.82, 2.24) is 9.62 Å². The van der Waals surface area contributed by atoms with Crippen molar-refractivity contribution in [2.45, 2.75) is 37.0 Å². The van der Waals surface area contributed by atoms with Crippen molar-refractivity contribution in [1.29, 1.82) is 0 Å². The van der Waals surface area contributed by atoms with Crippen LogP contribution in [0.2, 0.25) is 0 Å². The van der Waals surface area contributed by atoms with Gasteiger partial charge in [-0.3, -0.25) is 4.79 Å². The monoisotopic (exact) mass is 320 g/mol. The fraction of sp³-hybridized carbons (Fsp3) is 0.562. The predicted octanol–water partition coefficient (Wildman–Crippen LogP) is 1.43. The minimum Gasteiger partial charge on any atom is -0.348 e. The lowest BCUT2D eigenvalue weighted by molar-refractivity contribution is -0.150. The van der Waals surface area contributed by atoms with Crippen LogP contribution < -0.4 is 5.32 Å². The zero-order valence-electron chi connectivity index (χ0n) is 12.4. The van der Waals surface area contributed by atoms with Gasteiger partial charge in [-0.15, -0.1) is 0 Å². The minimum absolute atomic E-state index is 0.0204. The molecular formula is C16H20N2O3S. The van der Waals surface area contributed by atoms with Crippen LogP contribution in [-0.2, 0) is 14.8 Å². The van der Waals surface area contributed by atoms with E-state index in [-0.39, 0.29) is 17.2 Å². The summed E-state index contributed by atoms with van der Waals surface area (Å²) >= 11 is 0. The number of benzene rings is 1. The topological polar surface area (TPSA) is 66.5 Å². The van der Waals surface area contributed by atoms with E-state index in [1.807, 2.05) is 30.3 Å². The number of nitrogens with zero attached hydrogens (tertiary/aromatic N) is 1. The standard InChI is InChI=1S/C16H20N2O3S/c19-15-16(14(17-15)12-4-2-1-3-5-12)8-10-18(11-9-16)22(20,21)13-6-7-13/h1-5,13-14H,6-11H2,(H,17,19)/t14-/m0/s1. The van der Waals surface area contributed by atoms with Gasteiger partial charge in [-0.2, -0.15) is 0 Å². The van der Waals surface area contributed by atoms with Gasteiger partial charge in [0.2, 0.25) is 15.9 Å². The molecule has 2 aliphatic heterocycles. The summed E-state index contributed by atoms with van der Waals surface area (Å²) in [7, 11) is -3.12. The van der Waals surface area contributed by atoms with Crippen molar-refractivity contribution in [3.8, 4) is 0 Å². The van der Waals surface area contributed by atoms with Crippen LogP contribution in [0.5, 0.6) is 0 Å². The molecule has 118 valence electrons. The molecule has 0 radical (unpaired) electrons. The lowest BCUT2D eigenvalue weighted by atomic mass is 9.64. The Bertz CT molecular complexity index is 689. The first-order valence-corrected chi connectivity index (χ1v) is 9.39. The van der Waals surface area contributed by atoms with Crippen LogP contribution in [0, 0.1) is 5.41 Å². The molecule has 1 spiro atoms. The fourth-order valence-electron chi connectivity index (χ4n) is 3.75. The lowest BCUT2D eigenvalue weighted by Crippen LogP contribution is -2.64. The second kappa shape index (κ2) is 4.80. The highest BCUT2D eigenvalue weighted by Crippen LogP contribution is 2.50. The normalized spacial score (nSPS) is 28.2. The number of hydrogen-bond donors (Lipinski definition) is 1. The van der Waals surface area contributed by atoms with Crippen LogP contribution in [0.3, 0.4) is 0 Å². The molecule has 1 atom stereocenters. The molecule has 22 heavy (non-hydrogen) atoms. The number of β-lactam (4-membered cyclic amide) rings is 1. The Labute approximate surface area is 130 Å². The van der Waals surface area contributed by atoms with E-state index in [4.69, 9.17) is 0 Å². The zero-order valence-corrected chi connectivity index (χ0v) is 13.2. The Balaban J connectivity index is 1.53. The summed E-state index contributed by atoms with van der Waals surface area (Å²) in [6.45, 7) is 0.936. The molecule has 0 bridgehead atoms. The van der Waals surface area contributed by atoms with Gasteiger partial charge in [0.25, 0.3) is 0 Å². The Morgan fingerprint density at radius 2 is 1.73 bits per heavy atom. The van der Waals surface area contributed by atoms with Crippen LogP contribution >= 0.6 is 0 Å². The Hall–Kier alpha value is -1.40. The van der Waals surface area contributed by atoms with E-state index < -0.39 is 15.4 Å². The van der Waals surface area contributed by atoms with E-state index in [1.165, 1.54) is 0 Å². The summed E-state index contributed by atoms with van der Waals surface area (Å²) in [5, 5.41) is 2.84. The van der Waals surface area contributed by atoms with Crippen molar-refractivity contribution >= 4 is 15.9 Å². The number of carbonyl (C=O) groups is 1. The molecule has 0 aromatic heterocycles. The van der Waals surface area contributed by atoms with E-state index in [0.29, 0.717) is 25.9 Å². The van der Waals surface area contributed by atoms with E-state index in [2.05, 4.69) is 5.32 Å². The molecule has 6 heteroatoms. The molecule has 1 N–H and O–H groups in total. The van der Waals surface area contributed by atoms with Crippen molar-refractivity contribution in [2.75, 3.05) is 13.1 Å². The van der Waals surface area contributed by atoms with Gasteiger partial charge >= 0.3 is 0 Å². The number of piperidine rings is 1. The summed E-state index contributed by atoms with van der Waals surface area (Å²) in [5.74, 6) is 0.0739. The molecular weight excluding hydrogens is 300 g/mol. The Morgan fingerprint density at radius 3 is 2.27 bits per heavy atom. The van der Waals surface area contributed by atoms with Crippen molar-refractivity contribution < 1.29 is 13.2 Å². The number of carbonyl (C=O) groups excluding carboxylic acids is 1. The molecule has 2 saturated heterocycles. The van der Waals surface area contributed by atoms with Crippen molar-refractivity contribution in [3.05, 3.63) is 35.9 Å². The largest absolute Gasteiger partial charge is 0.348 e. The van der Waals surface area contributed by atoms with E-state index >= 15 is 0 Å². The van der Waals surface area contributed by atoms with Crippen LogP contribution in [0.15, 0.2) is 30.3 Å². The third-order valence-electron chi connectivity index (χ3n) is 5.33. The average molecular weight is 320 g/mol. The third kappa shape index (κ3) is 2.01. The maximum Gasteiger partial charge on any atom is 0.229 e. The van der Waals surface area contributed by atoms with Gasteiger partial charge in [0.1, 0.15) is 0 Å². The zero-order chi connectivity index (χ0) is 15.4. The van der Waals surface area contributed by atoms with Crippen LogP contribution in [0.4, 0.5) is 0 Å². The van der Waals surface area contributed by atoms with Crippen LogP contribution in [0.1, 0.15) is 37.3 Å². The third-order valence-corrected chi connectivity index (χ3v) is 7.73. The number of amides is 1. The first kappa shape index (κ1) is 14.2. The van der Waals surface area contributed by atoms with Gasteiger partial charge < -0.3 is 5.32 Å². The summed E-state index contributed by atoms with van der Waals surface area (Å²) in [6.07, 6.45) is 2.81. The molecule has 2 heterocycles. The molecule has 1 aromatic rings. The highest BCUT2D eigenvalue weighted by atomic mass is 32.2. The molecule has 3 aliphatic rings. The fourth-order valence-corrected chi connectivity index (χ4v) is 5.59. The van der Waals surface area contributed by atoms with E-state index in [0.717, 1.165) is 18.4 Å². The molecule has 1 aliphatic carbocycles. The van der Waals surface area contributed by atoms with Gasteiger partial charge in [0.05, 0.1) is 16.7 Å². The highest BCUT2D eigenvalue weighted by molar-refractivity contribution is 7.90. The smallest absolute Gasteiger partial charge is 0.229 e. The van der Waals surface area contributed by atoms with Crippen LogP contribution in [0.25, 0.3) is 0 Å². The van der Waals surface area contributed by atoms with Gasteiger partial charge in [0, 0.05) is 13.1 Å². The molecule has 4 rings (SSSR count). The second-order valence-electron chi connectivity index (χ2n) is 6.62. The van der Waals surface area contributed by atoms with E-state index in [1.54, 1.807) is 4.31 Å². The number of sulfonamides is 1.